The zero-order valence-corrected chi connectivity index (χ0v) is 95.1. The number of hydrogen-bond donors (Lipinski definition) is 0. The summed E-state index contributed by atoms with van der Waals surface area (Å²) in [6, 6.07) is 0. The van der Waals surface area contributed by atoms with Crippen molar-refractivity contribution in [3.05, 3.63) is 0 Å². The summed E-state index contributed by atoms with van der Waals surface area (Å²) in [6.45, 7) is 40.0. The predicted octanol–water partition coefficient (Wildman–Crippen LogP) is 35.0. The number of rotatable bonds is 84. The maximum Gasteiger partial charge on any atom is 6.00 e. The average molecular weight is 2080 g/mol. The fraction of sp³-hybridized carbons (Fsp3) is 0.941. The van der Waals surface area contributed by atoms with Crippen LogP contribution in [0.4, 0.5) is 0 Å². The van der Waals surface area contributed by atoms with Crippen LogP contribution in [0.25, 0.3) is 0 Å². The van der Waals surface area contributed by atoms with Gasteiger partial charge in [-0.3, -0.25) is 0 Å². The molecule has 6 nitrogen and oxygen atoms in total. The third kappa shape index (κ3) is 117. The van der Waals surface area contributed by atoms with Crippen LogP contribution in [0.1, 0.15) is 545 Å². The van der Waals surface area contributed by atoms with Gasteiger partial charge in [-0.2, -0.15) is 0 Å². The quantitative estimate of drug-likeness (QED) is 0.0327. The van der Waals surface area contributed by atoms with Gasteiger partial charge in [-0.25, -0.2) is 0 Å². The van der Waals surface area contributed by atoms with Gasteiger partial charge < -0.3 is 178 Å². The first-order valence-corrected chi connectivity index (χ1v) is 57.0. The molecule has 0 atom stereocenters. The zero-order chi connectivity index (χ0) is 90.3. The predicted molar refractivity (Wildman–Crippen MR) is 590 cm³/mol. The molecule has 0 radical (unpaired) electrons. The Morgan fingerprint density at radius 1 is 0.124 bits per heavy atom. The first-order valence-electron chi connectivity index (χ1n) is 52.1. The van der Waals surface area contributed by atoms with Crippen molar-refractivity contribution >= 4 is 175 Å². The van der Waals surface area contributed by atoms with Gasteiger partial charge in [0.1, 0.15) is 0 Å². The molecular weight excluding hydrogens is 1880 g/mol. The molecular formula is C102H204N6S12W. The van der Waals surface area contributed by atoms with Gasteiger partial charge in [0.25, 0.3) is 0 Å². The van der Waals surface area contributed by atoms with E-state index in [-0.39, 0.29) is 21.1 Å². The molecule has 0 N–H and O–H groups in total. The normalized spacial score (nSPS) is 10.6. The van der Waals surface area contributed by atoms with Gasteiger partial charge >= 0.3 is 21.1 Å². The second kappa shape index (κ2) is 119. The topological polar surface area (TPSA) is 19.4 Å². The molecule has 0 aliphatic rings. The van der Waals surface area contributed by atoms with Crippen molar-refractivity contribution in [3.63, 3.8) is 0 Å². The fourth-order valence-corrected chi connectivity index (χ4v) is 17.0. The van der Waals surface area contributed by atoms with E-state index in [2.05, 4.69) is 112 Å². The van der Waals surface area contributed by atoms with Crippen LogP contribution in [-0.4, -0.2) is 134 Å². The Labute approximate surface area is 841 Å². The molecule has 720 valence electrons. The molecule has 0 spiro atoms. The molecule has 121 heavy (non-hydrogen) atoms. The van der Waals surface area contributed by atoms with Crippen LogP contribution in [-0.2, 0) is 96.8 Å². The average Bonchev–Trinajstić information content (AvgIpc) is 1.00. The summed E-state index contributed by atoms with van der Waals surface area (Å²) in [7, 11) is 0. The van der Waals surface area contributed by atoms with Gasteiger partial charge in [0.05, 0.1) is 0 Å². The van der Waals surface area contributed by atoms with Crippen LogP contribution in [0.3, 0.4) is 0 Å². The largest absolute Gasteiger partial charge is 6.00 e. The molecule has 0 amide bonds. The molecule has 0 aliphatic carbocycles. The van der Waals surface area contributed by atoms with E-state index in [1.54, 1.807) is 0 Å². The van der Waals surface area contributed by atoms with E-state index in [1.165, 1.54) is 462 Å². The van der Waals surface area contributed by atoms with Crippen LogP contribution in [0, 0.1) is 0 Å². The van der Waals surface area contributed by atoms with Crippen molar-refractivity contribution in [2.75, 3.05) is 78.5 Å². The minimum atomic E-state index is 0. The van der Waals surface area contributed by atoms with Crippen molar-refractivity contribution in [2.24, 2.45) is 0 Å². The smallest absolute Gasteiger partial charge is 0.411 e. The van der Waals surface area contributed by atoms with Crippen molar-refractivity contribution < 1.29 is 21.1 Å². The van der Waals surface area contributed by atoms with Gasteiger partial charge in [0, 0.05) is 78.5 Å². The van der Waals surface area contributed by atoms with Gasteiger partial charge in [-0.15, -0.1) is 0 Å². The molecule has 0 saturated carbocycles. The van der Waals surface area contributed by atoms with E-state index < -0.39 is 0 Å². The summed E-state index contributed by atoms with van der Waals surface area (Å²) in [6.07, 6.45) is 96.1. The van der Waals surface area contributed by atoms with E-state index in [4.69, 9.17) is 149 Å². The molecule has 0 saturated heterocycles. The fourth-order valence-electron chi connectivity index (χ4n) is 14.8. The zero-order valence-electron chi connectivity index (χ0n) is 82.4. The molecule has 0 rings (SSSR count). The molecule has 0 fully saturated rings. The second-order valence-electron chi connectivity index (χ2n) is 34.7. The van der Waals surface area contributed by atoms with E-state index >= 15 is 0 Å². The van der Waals surface area contributed by atoms with Crippen LogP contribution >= 0.6 is 73.3 Å². The van der Waals surface area contributed by atoms with E-state index in [9.17, 15) is 0 Å². The summed E-state index contributed by atoms with van der Waals surface area (Å²) >= 11 is 62.4. The Balaban J connectivity index is -0.000000257. The SMILES string of the molecule is CCCCCCCCN(CCCCCCCC)C(=S)[S-].CCCCCCCCN(CCCCCCCC)C(=S)[S-].CCCCCCCCN(CCCCCCCC)C(=S)[S-].CCCCCCCCN(CCCCCCCC)C(=S)[S-].CCCCCCCCN(CCCCCCCC)C(=S)[S-].CCCCCCCCN(CCCCCCCC)C(=S)[S-].[W+6]. The first kappa shape index (κ1) is 135. The van der Waals surface area contributed by atoms with Crippen molar-refractivity contribution in [1.29, 1.82) is 0 Å². The van der Waals surface area contributed by atoms with Crippen LogP contribution in [0.2, 0.25) is 0 Å². The summed E-state index contributed by atoms with van der Waals surface area (Å²) < 4.78 is 4.04. The van der Waals surface area contributed by atoms with Crippen LogP contribution < -0.4 is 0 Å². The second-order valence-corrected chi connectivity index (χ2v) is 40.9. The molecule has 0 aliphatic heterocycles. The van der Waals surface area contributed by atoms with E-state index in [1.807, 2.05) is 0 Å². The number of unbranched alkanes of at least 4 members (excludes halogenated alkanes) is 60. The van der Waals surface area contributed by atoms with Crippen LogP contribution in [0.5, 0.6) is 0 Å². The molecule has 0 aromatic carbocycles. The van der Waals surface area contributed by atoms with Crippen LogP contribution in [0.15, 0.2) is 0 Å². The summed E-state index contributed by atoms with van der Waals surface area (Å²) in [4.78, 5) is 13.4. The third-order valence-corrected chi connectivity index (χ3v) is 26.0. The number of hydrogen-bond acceptors (Lipinski definition) is 12. The number of nitrogens with zero attached hydrogens (tertiary/aromatic N) is 6. The van der Waals surface area contributed by atoms with Gasteiger partial charge in [0.15, 0.2) is 0 Å². The molecule has 0 aromatic heterocycles. The third-order valence-electron chi connectivity index (χ3n) is 22.9. The minimum absolute atomic E-state index is 0. The Morgan fingerprint density at radius 2 is 0.182 bits per heavy atom. The monoisotopic (exact) mass is 2080 g/mol. The Kier molecular flexibility index (Phi) is 134. The van der Waals surface area contributed by atoms with E-state index in [0.29, 0.717) is 25.9 Å². The molecule has 0 bridgehead atoms. The summed E-state index contributed by atoms with van der Waals surface area (Å²) in [5.41, 5.74) is 0. The van der Waals surface area contributed by atoms with Gasteiger partial charge in [-0.05, 0) is 77.0 Å². The van der Waals surface area contributed by atoms with Gasteiger partial charge in [0.2, 0.25) is 0 Å². The minimum Gasteiger partial charge on any atom is -0.411 e. The molecule has 0 aromatic rings. The van der Waals surface area contributed by atoms with Crippen molar-refractivity contribution in [2.45, 2.75) is 545 Å². The van der Waals surface area contributed by atoms with Gasteiger partial charge in [-0.1, -0.05) is 494 Å². The maximum atomic E-state index is 5.20. The molecule has 19 heteroatoms. The standard InChI is InChI=1S/6C17H35NS2.W/c6*1-3-5-7-9-11-13-15-18(17(19)20)16-14-12-10-8-6-4-2;/h6*3-16H2,1-2H3,(H,19,20);/q;;;;;;+6/p-6. The Bertz CT molecular complexity index is 1580. The first-order chi connectivity index (χ1) is 58.3. The maximum absolute atomic E-state index is 5.20. The van der Waals surface area contributed by atoms with Crippen molar-refractivity contribution in [1.82, 2.24) is 29.4 Å². The molecule has 0 heterocycles. The molecule has 0 unspecified atom stereocenters. The summed E-state index contributed by atoms with van der Waals surface area (Å²) in [5, 5.41) is 0. The number of thiocarbonyl (C=S) groups is 6. The Morgan fingerprint density at radius 3 is 0.240 bits per heavy atom. The van der Waals surface area contributed by atoms with E-state index in [0.717, 1.165) is 78.5 Å². The van der Waals surface area contributed by atoms with Crippen molar-refractivity contribution in [3.8, 4) is 0 Å². The summed E-state index contributed by atoms with van der Waals surface area (Å²) in [5.74, 6) is 0. The Hall–Kier alpha value is 1.35.